The normalized spacial score (nSPS) is 10.7. The smallest absolute Gasteiger partial charge is 0.227 e. The van der Waals surface area contributed by atoms with Crippen LogP contribution in [0.3, 0.4) is 0 Å². The molecule has 0 amide bonds. The number of halogens is 1. The molecule has 2 nitrogen and oxygen atoms in total. The zero-order valence-electron chi connectivity index (χ0n) is 11.1. The van der Waals surface area contributed by atoms with Crippen LogP contribution in [0.1, 0.15) is 11.3 Å². The van der Waals surface area contributed by atoms with Gasteiger partial charge in [0.2, 0.25) is 5.88 Å². The summed E-state index contributed by atoms with van der Waals surface area (Å²) in [6.45, 7) is 2.05. The molecule has 3 aromatic rings. The topological polar surface area (TPSA) is 22.1 Å². The molecule has 0 spiro atoms. The third-order valence-electron chi connectivity index (χ3n) is 3.13. The van der Waals surface area contributed by atoms with Gasteiger partial charge in [-0.3, -0.25) is 0 Å². The number of alkyl halides is 1. The molecule has 0 atom stereocenters. The number of aryl methyl sites for hydroxylation is 1. The van der Waals surface area contributed by atoms with Crippen LogP contribution < -0.4 is 4.74 Å². The zero-order chi connectivity index (χ0) is 13.9. The molecular weight excluding hydrogens is 270 g/mol. The number of pyridine rings is 1. The van der Waals surface area contributed by atoms with E-state index in [0.717, 1.165) is 22.2 Å². The number of nitrogens with zero attached hydrogens (tertiary/aromatic N) is 1. The molecule has 0 saturated heterocycles. The molecule has 0 radical (unpaired) electrons. The van der Waals surface area contributed by atoms with E-state index in [1.54, 1.807) is 0 Å². The summed E-state index contributed by atoms with van der Waals surface area (Å²) in [6.07, 6.45) is 0. The fraction of sp³-hybridized carbons (Fsp3) is 0.118. The molecule has 1 heterocycles. The minimum Gasteiger partial charge on any atom is -0.438 e. The monoisotopic (exact) mass is 283 g/mol. The number of hydrogen-bond donors (Lipinski definition) is 0. The molecule has 0 aliphatic carbocycles. The molecule has 20 heavy (non-hydrogen) atoms. The average molecular weight is 284 g/mol. The highest BCUT2D eigenvalue weighted by Gasteiger charge is 2.07. The van der Waals surface area contributed by atoms with Crippen LogP contribution in [-0.2, 0) is 5.88 Å². The summed E-state index contributed by atoms with van der Waals surface area (Å²) in [5.41, 5.74) is 2.01. The Hall–Kier alpha value is -2.06. The number of ether oxygens (including phenoxy) is 1. The van der Waals surface area contributed by atoms with Gasteiger partial charge in [-0.2, -0.15) is 0 Å². The van der Waals surface area contributed by atoms with Crippen LogP contribution in [0.25, 0.3) is 10.8 Å². The van der Waals surface area contributed by atoms with Crippen LogP contribution in [0.15, 0.2) is 54.6 Å². The van der Waals surface area contributed by atoms with Crippen molar-refractivity contribution in [1.29, 1.82) is 0 Å². The standard InChI is InChI=1S/C17H14ClNO/c1-12-6-8-15(9-7-12)20-17-16-5-3-2-4-13(16)10-14(11-18)19-17/h2-10H,11H2,1H3. The van der Waals surface area contributed by atoms with E-state index in [1.165, 1.54) is 5.56 Å². The van der Waals surface area contributed by atoms with Crippen LogP contribution in [0.5, 0.6) is 11.6 Å². The van der Waals surface area contributed by atoms with E-state index in [-0.39, 0.29) is 0 Å². The fourth-order valence-corrected chi connectivity index (χ4v) is 2.22. The number of hydrogen-bond acceptors (Lipinski definition) is 2. The first-order chi connectivity index (χ1) is 9.76. The van der Waals surface area contributed by atoms with Gasteiger partial charge in [-0.25, -0.2) is 4.98 Å². The van der Waals surface area contributed by atoms with Gasteiger partial charge in [-0.1, -0.05) is 35.9 Å². The lowest BCUT2D eigenvalue weighted by Gasteiger charge is -2.10. The van der Waals surface area contributed by atoms with E-state index in [1.807, 2.05) is 61.5 Å². The van der Waals surface area contributed by atoms with Crippen molar-refractivity contribution >= 4 is 22.4 Å². The van der Waals surface area contributed by atoms with Crippen molar-refractivity contribution in [1.82, 2.24) is 4.98 Å². The Labute approximate surface area is 123 Å². The van der Waals surface area contributed by atoms with Gasteiger partial charge < -0.3 is 4.74 Å². The van der Waals surface area contributed by atoms with Crippen molar-refractivity contribution in [2.45, 2.75) is 12.8 Å². The van der Waals surface area contributed by atoms with Gasteiger partial charge in [-0.15, -0.1) is 11.6 Å². The molecule has 0 unspecified atom stereocenters. The van der Waals surface area contributed by atoms with E-state index in [9.17, 15) is 0 Å². The highest BCUT2D eigenvalue weighted by Crippen LogP contribution is 2.29. The van der Waals surface area contributed by atoms with E-state index in [2.05, 4.69) is 4.98 Å². The maximum atomic E-state index is 5.92. The Balaban J connectivity index is 2.07. The van der Waals surface area contributed by atoms with Crippen LogP contribution in [0.4, 0.5) is 0 Å². The van der Waals surface area contributed by atoms with Gasteiger partial charge in [0.25, 0.3) is 0 Å². The van der Waals surface area contributed by atoms with E-state index in [4.69, 9.17) is 16.3 Å². The van der Waals surface area contributed by atoms with Gasteiger partial charge in [0.1, 0.15) is 5.75 Å². The van der Waals surface area contributed by atoms with Crippen molar-refractivity contribution in [2.75, 3.05) is 0 Å². The molecule has 0 saturated carbocycles. The second kappa shape index (κ2) is 5.51. The van der Waals surface area contributed by atoms with Gasteiger partial charge in [0.05, 0.1) is 11.6 Å². The molecule has 3 heteroatoms. The number of fused-ring (bicyclic) bond motifs is 1. The van der Waals surface area contributed by atoms with Crippen molar-refractivity contribution in [3.05, 3.63) is 65.9 Å². The van der Waals surface area contributed by atoms with E-state index >= 15 is 0 Å². The van der Waals surface area contributed by atoms with Crippen LogP contribution in [-0.4, -0.2) is 4.98 Å². The molecule has 0 fully saturated rings. The lowest BCUT2D eigenvalue weighted by molar-refractivity contribution is 0.467. The second-order valence-corrected chi connectivity index (χ2v) is 4.96. The first-order valence-electron chi connectivity index (χ1n) is 6.45. The summed E-state index contributed by atoms with van der Waals surface area (Å²) >= 11 is 5.90. The Kier molecular flexibility index (Phi) is 3.57. The average Bonchev–Trinajstić information content (AvgIpc) is 2.49. The minimum absolute atomic E-state index is 0.370. The Morgan fingerprint density at radius 2 is 1.80 bits per heavy atom. The molecule has 0 N–H and O–H groups in total. The Morgan fingerprint density at radius 3 is 2.55 bits per heavy atom. The van der Waals surface area contributed by atoms with Gasteiger partial charge >= 0.3 is 0 Å². The SMILES string of the molecule is Cc1ccc(Oc2nc(CCl)cc3ccccc23)cc1. The minimum atomic E-state index is 0.370. The van der Waals surface area contributed by atoms with Crippen LogP contribution >= 0.6 is 11.6 Å². The highest BCUT2D eigenvalue weighted by atomic mass is 35.5. The molecule has 100 valence electrons. The third-order valence-corrected chi connectivity index (χ3v) is 3.40. The Morgan fingerprint density at radius 1 is 1.05 bits per heavy atom. The second-order valence-electron chi connectivity index (χ2n) is 4.69. The van der Waals surface area contributed by atoms with Gasteiger partial charge in [0.15, 0.2) is 0 Å². The van der Waals surface area contributed by atoms with Crippen LogP contribution in [0.2, 0.25) is 0 Å². The molecule has 1 aromatic heterocycles. The summed E-state index contributed by atoms with van der Waals surface area (Å²) in [5.74, 6) is 1.75. The molecule has 2 aromatic carbocycles. The molecule has 0 aliphatic rings. The summed E-state index contributed by atoms with van der Waals surface area (Å²) in [6, 6.07) is 17.9. The molecule has 0 bridgehead atoms. The van der Waals surface area contributed by atoms with Gasteiger partial charge in [0, 0.05) is 5.39 Å². The van der Waals surface area contributed by atoms with Crippen molar-refractivity contribution in [3.8, 4) is 11.6 Å². The number of aromatic nitrogens is 1. The quantitative estimate of drug-likeness (QED) is 0.626. The molecule has 0 aliphatic heterocycles. The summed E-state index contributed by atoms with van der Waals surface area (Å²) < 4.78 is 5.92. The molecular formula is C17H14ClNO. The summed E-state index contributed by atoms with van der Waals surface area (Å²) in [4.78, 5) is 4.48. The van der Waals surface area contributed by atoms with Crippen molar-refractivity contribution < 1.29 is 4.74 Å². The lowest BCUT2D eigenvalue weighted by atomic mass is 10.1. The predicted octanol–water partition coefficient (Wildman–Crippen LogP) is 5.07. The summed E-state index contributed by atoms with van der Waals surface area (Å²) in [5, 5.41) is 2.07. The van der Waals surface area contributed by atoms with E-state index in [0.29, 0.717) is 11.8 Å². The maximum Gasteiger partial charge on any atom is 0.227 e. The fourth-order valence-electron chi connectivity index (χ4n) is 2.08. The number of rotatable bonds is 3. The predicted molar refractivity (Wildman–Crippen MR) is 82.6 cm³/mol. The highest BCUT2D eigenvalue weighted by molar-refractivity contribution is 6.17. The summed E-state index contributed by atoms with van der Waals surface area (Å²) in [7, 11) is 0. The Bertz CT molecular complexity index is 738. The third kappa shape index (κ3) is 2.61. The maximum absolute atomic E-state index is 5.92. The number of benzene rings is 2. The van der Waals surface area contributed by atoms with Crippen LogP contribution in [0, 0.1) is 6.92 Å². The largest absolute Gasteiger partial charge is 0.438 e. The van der Waals surface area contributed by atoms with Crippen molar-refractivity contribution in [3.63, 3.8) is 0 Å². The van der Waals surface area contributed by atoms with E-state index < -0.39 is 0 Å². The first-order valence-corrected chi connectivity index (χ1v) is 6.99. The zero-order valence-corrected chi connectivity index (χ0v) is 11.9. The van der Waals surface area contributed by atoms with Gasteiger partial charge in [-0.05, 0) is 36.6 Å². The molecule has 3 rings (SSSR count). The first kappa shape index (κ1) is 12.9. The van der Waals surface area contributed by atoms with Crippen molar-refractivity contribution in [2.24, 2.45) is 0 Å². The lowest BCUT2D eigenvalue weighted by Crippen LogP contribution is -1.93.